The van der Waals surface area contributed by atoms with Crippen LogP contribution < -0.4 is 16.0 Å². The zero-order valence-electron chi connectivity index (χ0n) is 7.74. The number of phenols is 1. The lowest BCUT2D eigenvalue weighted by Crippen LogP contribution is -2.25. The van der Waals surface area contributed by atoms with Crippen LogP contribution in [-0.4, -0.2) is 12.2 Å². The number of hydrogen-bond donors (Lipinski definition) is 3. The molecule has 0 aromatic heterocycles. The van der Waals surface area contributed by atoms with Crippen LogP contribution in [0.4, 0.5) is 0 Å². The minimum atomic E-state index is -0.0779. The third-order valence-electron chi connectivity index (χ3n) is 1.95. The Morgan fingerprint density at radius 2 is 2.23 bits per heavy atom. The van der Waals surface area contributed by atoms with E-state index in [1.165, 1.54) is 0 Å². The molecule has 0 spiro atoms. The monoisotopic (exact) mass is 182 g/mol. The van der Waals surface area contributed by atoms with Gasteiger partial charge in [0.1, 0.15) is 11.5 Å². The number of hydrogen-bond acceptors (Lipinski definition) is 4. The van der Waals surface area contributed by atoms with Crippen LogP contribution in [0.15, 0.2) is 18.2 Å². The summed E-state index contributed by atoms with van der Waals surface area (Å²) < 4.78 is 4.95. The van der Waals surface area contributed by atoms with Gasteiger partial charge in [-0.05, 0) is 13.0 Å². The topological polar surface area (TPSA) is 67.5 Å². The van der Waals surface area contributed by atoms with E-state index in [-0.39, 0.29) is 11.8 Å². The molecule has 0 amide bonds. The van der Waals surface area contributed by atoms with Crippen LogP contribution in [0.1, 0.15) is 18.5 Å². The molecule has 4 nitrogen and oxygen atoms in total. The Kier molecular flexibility index (Phi) is 3.11. The van der Waals surface area contributed by atoms with Crippen molar-refractivity contribution in [3.8, 4) is 11.5 Å². The standard InChI is InChI=1S/C9H14N2O2/c1-6(11-10)8-4-3-7(13-2)5-9(8)12/h3-6,11-12H,10H2,1-2H3/t6-/m1/s1. The molecule has 72 valence electrons. The SMILES string of the molecule is COc1ccc([C@@H](C)NN)c(O)c1. The summed E-state index contributed by atoms with van der Waals surface area (Å²) in [5.74, 6) is 6.07. The first-order valence-corrected chi connectivity index (χ1v) is 4.02. The van der Waals surface area contributed by atoms with Crippen molar-refractivity contribution in [2.45, 2.75) is 13.0 Å². The molecule has 0 heterocycles. The van der Waals surface area contributed by atoms with Crippen molar-refractivity contribution in [1.29, 1.82) is 0 Å². The third kappa shape index (κ3) is 2.11. The fourth-order valence-electron chi connectivity index (χ4n) is 1.11. The molecule has 1 aromatic rings. The van der Waals surface area contributed by atoms with E-state index in [2.05, 4.69) is 5.43 Å². The average Bonchev–Trinajstić information content (AvgIpc) is 2.16. The van der Waals surface area contributed by atoms with E-state index in [1.54, 1.807) is 25.3 Å². The molecule has 0 aliphatic heterocycles. The van der Waals surface area contributed by atoms with Gasteiger partial charge in [0.15, 0.2) is 0 Å². The average molecular weight is 182 g/mol. The molecule has 0 radical (unpaired) electrons. The minimum Gasteiger partial charge on any atom is -0.507 e. The lowest BCUT2D eigenvalue weighted by atomic mass is 10.1. The highest BCUT2D eigenvalue weighted by Gasteiger charge is 2.08. The second kappa shape index (κ2) is 4.11. The highest BCUT2D eigenvalue weighted by molar-refractivity contribution is 5.41. The molecule has 0 aliphatic carbocycles. The molecule has 0 aliphatic rings. The third-order valence-corrected chi connectivity index (χ3v) is 1.95. The predicted molar refractivity (Wildman–Crippen MR) is 50.4 cm³/mol. The summed E-state index contributed by atoms with van der Waals surface area (Å²) in [6.07, 6.45) is 0. The normalized spacial score (nSPS) is 12.5. The number of nitrogens with one attached hydrogen (secondary N) is 1. The molecular weight excluding hydrogens is 168 g/mol. The van der Waals surface area contributed by atoms with E-state index in [0.717, 1.165) is 5.56 Å². The molecule has 0 unspecified atom stereocenters. The van der Waals surface area contributed by atoms with E-state index in [9.17, 15) is 5.11 Å². The molecule has 1 rings (SSSR count). The van der Waals surface area contributed by atoms with Crippen LogP contribution in [0.5, 0.6) is 11.5 Å². The van der Waals surface area contributed by atoms with Gasteiger partial charge in [0.05, 0.1) is 7.11 Å². The molecule has 4 N–H and O–H groups in total. The Morgan fingerprint density at radius 1 is 1.54 bits per heavy atom. The van der Waals surface area contributed by atoms with Crippen molar-refractivity contribution < 1.29 is 9.84 Å². The molecule has 0 fully saturated rings. The highest BCUT2D eigenvalue weighted by Crippen LogP contribution is 2.27. The van der Waals surface area contributed by atoms with Gasteiger partial charge in [-0.3, -0.25) is 11.3 Å². The molecule has 13 heavy (non-hydrogen) atoms. The number of methoxy groups -OCH3 is 1. The number of ether oxygens (including phenoxy) is 1. The number of aromatic hydroxyl groups is 1. The van der Waals surface area contributed by atoms with Crippen LogP contribution in [-0.2, 0) is 0 Å². The first-order valence-electron chi connectivity index (χ1n) is 4.02. The number of hydrazine groups is 1. The Bertz CT molecular complexity index is 289. The predicted octanol–water partition coefficient (Wildman–Crippen LogP) is 0.925. The first kappa shape index (κ1) is 9.83. The van der Waals surface area contributed by atoms with Gasteiger partial charge in [0.2, 0.25) is 0 Å². The first-order chi connectivity index (χ1) is 6.19. The fourth-order valence-corrected chi connectivity index (χ4v) is 1.11. The van der Waals surface area contributed by atoms with E-state index in [0.29, 0.717) is 5.75 Å². The van der Waals surface area contributed by atoms with Crippen LogP contribution in [0.3, 0.4) is 0 Å². The summed E-state index contributed by atoms with van der Waals surface area (Å²) >= 11 is 0. The van der Waals surface area contributed by atoms with Crippen LogP contribution in [0.25, 0.3) is 0 Å². The van der Waals surface area contributed by atoms with E-state index < -0.39 is 0 Å². The maximum atomic E-state index is 9.55. The summed E-state index contributed by atoms with van der Waals surface area (Å²) in [6, 6.07) is 5.04. The Morgan fingerprint density at radius 3 is 2.69 bits per heavy atom. The van der Waals surface area contributed by atoms with Gasteiger partial charge < -0.3 is 9.84 Å². The quantitative estimate of drug-likeness (QED) is 0.480. The molecule has 1 aromatic carbocycles. The number of benzene rings is 1. The Hall–Kier alpha value is -1.26. The van der Waals surface area contributed by atoms with E-state index >= 15 is 0 Å². The zero-order chi connectivity index (χ0) is 9.84. The van der Waals surface area contributed by atoms with Crippen LogP contribution in [0, 0.1) is 0 Å². The van der Waals surface area contributed by atoms with Crippen LogP contribution in [0.2, 0.25) is 0 Å². The van der Waals surface area contributed by atoms with Gasteiger partial charge in [-0.15, -0.1) is 0 Å². The van der Waals surface area contributed by atoms with Crippen molar-refractivity contribution in [3.63, 3.8) is 0 Å². The molecule has 0 saturated heterocycles. The maximum absolute atomic E-state index is 9.55. The Balaban J connectivity index is 2.98. The van der Waals surface area contributed by atoms with Crippen molar-refractivity contribution in [3.05, 3.63) is 23.8 Å². The molecule has 4 heteroatoms. The molecular formula is C9H14N2O2. The molecule has 0 saturated carbocycles. The maximum Gasteiger partial charge on any atom is 0.124 e. The Labute approximate surface area is 77.3 Å². The lowest BCUT2D eigenvalue weighted by Gasteiger charge is -2.12. The second-order valence-corrected chi connectivity index (χ2v) is 2.81. The molecule has 0 bridgehead atoms. The summed E-state index contributed by atoms with van der Waals surface area (Å²) in [6.45, 7) is 1.86. The van der Waals surface area contributed by atoms with Gasteiger partial charge in [-0.1, -0.05) is 6.07 Å². The smallest absolute Gasteiger partial charge is 0.124 e. The summed E-state index contributed by atoms with van der Waals surface area (Å²) in [5.41, 5.74) is 3.31. The van der Waals surface area contributed by atoms with Gasteiger partial charge >= 0.3 is 0 Å². The van der Waals surface area contributed by atoms with Gasteiger partial charge in [0, 0.05) is 17.7 Å². The van der Waals surface area contributed by atoms with Crippen molar-refractivity contribution in [1.82, 2.24) is 5.43 Å². The summed E-state index contributed by atoms with van der Waals surface area (Å²) in [5, 5.41) is 9.55. The van der Waals surface area contributed by atoms with E-state index in [1.807, 2.05) is 6.92 Å². The van der Waals surface area contributed by atoms with Crippen molar-refractivity contribution in [2.24, 2.45) is 5.84 Å². The van der Waals surface area contributed by atoms with Gasteiger partial charge in [-0.2, -0.15) is 0 Å². The summed E-state index contributed by atoms with van der Waals surface area (Å²) in [4.78, 5) is 0. The van der Waals surface area contributed by atoms with Crippen LogP contribution >= 0.6 is 0 Å². The second-order valence-electron chi connectivity index (χ2n) is 2.81. The summed E-state index contributed by atoms with van der Waals surface area (Å²) in [7, 11) is 1.55. The fraction of sp³-hybridized carbons (Fsp3) is 0.333. The van der Waals surface area contributed by atoms with Crippen molar-refractivity contribution >= 4 is 0 Å². The zero-order valence-corrected chi connectivity index (χ0v) is 7.74. The van der Waals surface area contributed by atoms with E-state index in [4.69, 9.17) is 10.6 Å². The number of phenolic OH excluding ortho intramolecular Hbond substituents is 1. The van der Waals surface area contributed by atoms with Gasteiger partial charge in [-0.25, -0.2) is 0 Å². The minimum absolute atomic E-state index is 0.0779. The highest BCUT2D eigenvalue weighted by atomic mass is 16.5. The number of nitrogens with two attached hydrogens (primary N) is 1. The number of rotatable bonds is 3. The molecule has 1 atom stereocenters. The van der Waals surface area contributed by atoms with Crippen molar-refractivity contribution in [2.75, 3.05) is 7.11 Å². The van der Waals surface area contributed by atoms with Gasteiger partial charge in [0.25, 0.3) is 0 Å². The lowest BCUT2D eigenvalue weighted by molar-refractivity contribution is 0.404. The largest absolute Gasteiger partial charge is 0.507 e.